The molecule has 1 heterocycles. The number of benzene rings is 2. The van der Waals surface area contributed by atoms with E-state index in [0.717, 1.165) is 23.3 Å². The summed E-state index contributed by atoms with van der Waals surface area (Å²) < 4.78 is 1.54. The first-order valence-corrected chi connectivity index (χ1v) is 11.2. The summed E-state index contributed by atoms with van der Waals surface area (Å²) >= 11 is 0. The van der Waals surface area contributed by atoms with Crippen molar-refractivity contribution in [2.75, 3.05) is 6.61 Å². The monoisotopic (exact) mass is 496 g/mol. The van der Waals surface area contributed by atoms with Gasteiger partial charge in [0, 0.05) is 24.8 Å². The SMILES string of the molecule is CC(=NNC(=O)c1ccc(C(=O)O)c(O)c1)c1nn(C)c(-c2ccc(C(C)(C)C)cc2)c1O.CCO. The molecule has 0 saturated carbocycles. The molecular formula is C26H32N4O6. The first kappa shape index (κ1) is 28.1. The Morgan fingerprint density at radius 3 is 2.17 bits per heavy atom. The summed E-state index contributed by atoms with van der Waals surface area (Å²) in [6.45, 7) is 9.88. The third-order valence-corrected chi connectivity index (χ3v) is 5.20. The minimum Gasteiger partial charge on any atom is -0.507 e. The van der Waals surface area contributed by atoms with E-state index < -0.39 is 17.6 Å². The summed E-state index contributed by atoms with van der Waals surface area (Å²) in [5.74, 6) is -2.56. The zero-order chi connectivity index (χ0) is 27.2. The molecule has 5 N–H and O–H groups in total. The maximum absolute atomic E-state index is 12.3. The Morgan fingerprint density at radius 1 is 1.08 bits per heavy atom. The van der Waals surface area contributed by atoms with Gasteiger partial charge in [0.2, 0.25) is 0 Å². The summed E-state index contributed by atoms with van der Waals surface area (Å²) in [6.07, 6.45) is 0. The molecule has 3 aromatic rings. The average Bonchev–Trinajstić information content (AvgIpc) is 3.10. The van der Waals surface area contributed by atoms with E-state index >= 15 is 0 Å². The Labute approximate surface area is 209 Å². The maximum Gasteiger partial charge on any atom is 0.339 e. The molecule has 0 aliphatic carbocycles. The fourth-order valence-electron chi connectivity index (χ4n) is 3.31. The minimum absolute atomic E-state index is 0.00435. The number of aromatic carboxylic acids is 1. The number of carboxylic acid groups (broad SMARTS) is 1. The molecule has 0 bridgehead atoms. The Hall–Kier alpha value is -4.18. The zero-order valence-electron chi connectivity index (χ0n) is 21.2. The number of nitrogens with zero attached hydrogens (tertiary/aromatic N) is 3. The third kappa shape index (κ3) is 6.48. The van der Waals surface area contributed by atoms with Crippen LogP contribution in [0.2, 0.25) is 0 Å². The number of aromatic hydroxyl groups is 2. The summed E-state index contributed by atoms with van der Waals surface area (Å²) in [6, 6.07) is 11.3. The third-order valence-electron chi connectivity index (χ3n) is 5.20. The molecule has 0 atom stereocenters. The van der Waals surface area contributed by atoms with Crippen LogP contribution in [0.25, 0.3) is 11.3 Å². The van der Waals surface area contributed by atoms with Crippen LogP contribution in [0, 0.1) is 0 Å². The van der Waals surface area contributed by atoms with E-state index in [-0.39, 0.29) is 40.3 Å². The molecule has 0 radical (unpaired) electrons. The molecule has 192 valence electrons. The number of carbonyl (C=O) groups is 2. The van der Waals surface area contributed by atoms with Crippen LogP contribution >= 0.6 is 0 Å². The molecule has 1 aromatic heterocycles. The number of aliphatic hydroxyl groups excluding tert-OH is 1. The lowest BCUT2D eigenvalue weighted by Crippen LogP contribution is -2.19. The second-order valence-corrected chi connectivity index (χ2v) is 8.99. The quantitative estimate of drug-likeness (QED) is 0.266. The van der Waals surface area contributed by atoms with E-state index in [1.54, 1.807) is 25.6 Å². The largest absolute Gasteiger partial charge is 0.507 e. The number of aromatic nitrogens is 2. The molecule has 10 heteroatoms. The number of carboxylic acids is 1. The highest BCUT2D eigenvalue weighted by Gasteiger charge is 2.21. The highest BCUT2D eigenvalue weighted by Crippen LogP contribution is 2.33. The number of hydrazone groups is 1. The highest BCUT2D eigenvalue weighted by atomic mass is 16.4. The molecule has 0 aliphatic rings. The van der Waals surface area contributed by atoms with E-state index in [9.17, 15) is 19.8 Å². The van der Waals surface area contributed by atoms with Crippen molar-refractivity contribution in [1.82, 2.24) is 15.2 Å². The molecular weight excluding hydrogens is 464 g/mol. The Bertz CT molecular complexity index is 1270. The van der Waals surface area contributed by atoms with Crippen molar-refractivity contribution in [3.05, 3.63) is 64.8 Å². The van der Waals surface area contributed by atoms with Crippen LogP contribution in [0.15, 0.2) is 47.6 Å². The van der Waals surface area contributed by atoms with Crippen molar-refractivity contribution >= 4 is 17.6 Å². The Balaban J connectivity index is 0.00000145. The lowest BCUT2D eigenvalue weighted by Gasteiger charge is -2.19. The number of amides is 1. The van der Waals surface area contributed by atoms with E-state index in [4.69, 9.17) is 10.2 Å². The minimum atomic E-state index is -1.30. The molecule has 0 fully saturated rings. The number of aliphatic hydroxyl groups is 1. The molecule has 0 unspecified atom stereocenters. The number of carbonyl (C=O) groups excluding carboxylic acids is 1. The normalized spacial score (nSPS) is 11.5. The molecule has 3 rings (SSSR count). The van der Waals surface area contributed by atoms with Gasteiger partial charge in [-0.3, -0.25) is 9.48 Å². The van der Waals surface area contributed by atoms with Gasteiger partial charge in [0.25, 0.3) is 5.91 Å². The van der Waals surface area contributed by atoms with E-state index in [0.29, 0.717) is 5.69 Å². The van der Waals surface area contributed by atoms with Gasteiger partial charge in [-0.15, -0.1) is 0 Å². The van der Waals surface area contributed by atoms with Gasteiger partial charge in [0.05, 0.1) is 5.71 Å². The van der Waals surface area contributed by atoms with Gasteiger partial charge < -0.3 is 20.4 Å². The van der Waals surface area contributed by atoms with Crippen molar-refractivity contribution in [3.8, 4) is 22.8 Å². The van der Waals surface area contributed by atoms with E-state index in [2.05, 4.69) is 36.4 Å². The van der Waals surface area contributed by atoms with Crippen LogP contribution in [-0.2, 0) is 12.5 Å². The molecule has 0 aliphatic heterocycles. The van der Waals surface area contributed by atoms with Crippen molar-refractivity contribution < 1.29 is 30.0 Å². The van der Waals surface area contributed by atoms with Crippen LogP contribution in [0.3, 0.4) is 0 Å². The van der Waals surface area contributed by atoms with Crippen LogP contribution in [0.1, 0.15) is 66.6 Å². The van der Waals surface area contributed by atoms with E-state index in [1.807, 2.05) is 24.3 Å². The Kier molecular flexibility index (Phi) is 8.96. The van der Waals surface area contributed by atoms with Crippen molar-refractivity contribution in [3.63, 3.8) is 0 Å². The predicted octanol–water partition coefficient (Wildman–Crippen LogP) is 3.65. The van der Waals surface area contributed by atoms with Gasteiger partial charge in [-0.2, -0.15) is 10.2 Å². The molecule has 0 saturated heterocycles. The second kappa shape index (κ2) is 11.5. The molecule has 1 amide bonds. The van der Waals surface area contributed by atoms with Gasteiger partial charge in [-0.05, 0) is 43.0 Å². The van der Waals surface area contributed by atoms with Crippen LogP contribution in [0.4, 0.5) is 0 Å². The maximum atomic E-state index is 12.3. The zero-order valence-corrected chi connectivity index (χ0v) is 21.2. The summed E-state index contributed by atoms with van der Waals surface area (Å²) in [5, 5.41) is 45.4. The van der Waals surface area contributed by atoms with Crippen molar-refractivity contribution in [2.24, 2.45) is 12.1 Å². The highest BCUT2D eigenvalue weighted by molar-refractivity contribution is 6.03. The van der Waals surface area contributed by atoms with Crippen molar-refractivity contribution in [1.29, 1.82) is 0 Å². The molecule has 36 heavy (non-hydrogen) atoms. The number of hydrogen-bond acceptors (Lipinski definition) is 7. The molecule has 10 nitrogen and oxygen atoms in total. The smallest absolute Gasteiger partial charge is 0.339 e. The standard InChI is InChI=1S/C24H26N4O5.C2H6O/c1-13(25-26-22(31)15-8-11-17(23(32)33)18(29)12-15)19-21(30)20(28(5)27-19)14-6-9-16(10-7-14)24(2,3)4;1-2-3/h6-12,29-30H,1-5H3,(H,26,31)(H,32,33);3H,2H2,1H3. The van der Waals surface area contributed by atoms with Gasteiger partial charge in [-0.1, -0.05) is 45.0 Å². The summed E-state index contributed by atoms with van der Waals surface area (Å²) in [4.78, 5) is 23.3. The van der Waals surface area contributed by atoms with Crippen LogP contribution in [-0.4, -0.2) is 54.4 Å². The van der Waals surface area contributed by atoms with Gasteiger partial charge >= 0.3 is 5.97 Å². The first-order valence-electron chi connectivity index (χ1n) is 11.2. The van der Waals surface area contributed by atoms with Gasteiger partial charge in [0.15, 0.2) is 11.4 Å². The fourth-order valence-corrected chi connectivity index (χ4v) is 3.31. The first-order chi connectivity index (χ1) is 16.8. The number of nitrogens with one attached hydrogen (secondary N) is 1. The predicted molar refractivity (Wildman–Crippen MR) is 137 cm³/mol. The number of aryl methyl sites for hydroxylation is 1. The number of hydrogen-bond donors (Lipinski definition) is 5. The average molecular weight is 497 g/mol. The summed E-state index contributed by atoms with van der Waals surface area (Å²) in [5.41, 5.74) is 4.97. The van der Waals surface area contributed by atoms with Crippen LogP contribution < -0.4 is 5.43 Å². The molecule has 0 spiro atoms. The second-order valence-electron chi connectivity index (χ2n) is 8.99. The topological polar surface area (TPSA) is 157 Å². The number of phenols is 1. The lowest BCUT2D eigenvalue weighted by molar-refractivity contribution is 0.0693. The lowest BCUT2D eigenvalue weighted by atomic mass is 9.86. The van der Waals surface area contributed by atoms with Gasteiger partial charge in [0.1, 0.15) is 17.0 Å². The van der Waals surface area contributed by atoms with E-state index in [1.165, 1.54) is 6.07 Å². The fraction of sp³-hybridized carbons (Fsp3) is 0.308. The van der Waals surface area contributed by atoms with Crippen LogP contribution in [0.5, 0.6) is 11.5 Å². The summed E-state index contributed by atoms with van der Waals surface area (Å²) in [7, 11) is 1.70. The Morgan fingerprint density at radius 2 is 1.67 bits per heavy atom. The molecule has 2 aromatic carbocycles. The number of rotatable bonds is 5. The van der Waals surface area contributed by atoms with Crippen molar-refractivity contribution in [2.45, 2.75) is 40.0 Å². The van der Waals surface area contributed by atoms with Gasteiger partial charge in [-0.25, -0.2) is 10.2 Å².